The van der Waals surface area contributed by atoms with Gasteiger partial charge in [-0.1, -0.05) is 49.3 Å². The number of carbonyl (C=O) groups is 1. The second-order valence-electron chi connectivity index (χ2n) is 6.64. The third kappa shape index (κ3) is 4.96. The van der Waals surface area contributed by atoms with E-state index in [-0.39, 0.29) is 5.91 Å². The summed E-state index contributed by atoms with van der Waals surface area (Å²) < 4.78 is 16.8. The standard InChI is InChI=1S/C23H26N2O4/c1-4-13-27-19-12-11-18(15-20(19)28-14-5-2)24-23(26)21-16(3)29-25-22(21)17-9-7-6-8-10-17/h6-12,15H,4-5,13-14H2,1-3H3,(H,24,26). The molecule has 29 heavy (non-hydrogen) atoms. The summed E-state index contributed by atoms with van der Waals surface area (Å²) >= 11 is 0. The maximum atomic E-state index is 13.0. The van der Waals surface area contributed by atoms with Gasteiger partial charge in [-0.15, -0.1) is 0 Å². The molecule has 3 rings (SSSR count). The summed E-state index contributed by atoms with van der Waals surface area (Å²) in [5.41, 5.74) is 2.37. The van der Waals surface area contributed by atoms with Gasteiger partial charge < -0.3 is 19.3 Å². The van der Waals surface area contributed by atoms with Crippen molar-refractivity contribution in [1.82, 2.24) is 5.16 Å². The van der Waals surface area contributed by atoms with Crippen LogP contribution in [0.4, 0.5) is 5.69 Å². The molecule has 0 aliphatic rings. The van der Waals surface area contributed by atoms with Crippen molar-refractivity contribution in [3.63, 3.8) is 0 Å². The number of aryl methyl sites for hydroxylation is 1. The van der Waals surface area contributed by atoms with Crippen molar-refractivity contribution in [3.05, 3.63) is 59.9 Å². The molecule has 0 fully saturated rings. The zero-order valence-corrected chi connectivity index (χ0v) is 17.0. The van der Waals surface area contributed by atoms with Gasteiger partial charge in [0.25, 0.3) is 5.91 Å². The number of hydrogen-bond donors (Lipinski definition) is 1. The summed E-state index contributed by atoms with van der Waals surface area (Å²) in [6.07, 6.45) is 1.78. The second kappa shape index (κ2) is 9.78. The molecule has 0 atom stereocenters. The first-order chi connectivity index (χ1) is 14.1. The first-order valence-corrected chi connectivity index (χ1v) is 9.86. The number of nitrogens with one attached hydrogen (secondary N) is 1. The lowest BCUT2D eigenvalue weighted by atomic mass is 10.1. The third-order valence-corrected chi connectivity index (χ3v) is 4.26. The number of hydrogen-bond acceptors (Lipinski definition) is 5. The van der Waals surface area contributed by atoms with E-state index in [1.165, 1.54) is 0 Å². The largest absolute Gasteiger partial charge is 0.490 e. The van der Waals surface area contributed by atoms with E-state index in [2.05, 4.69) is 10.5 Å². The van der Waals surface area contributed by atoms with E-state index in [0.717, 1.165) is 18.4 Å². The molecular formula is C23H26N2O4. The number of carbonyl (C=O) groups excluding carboxylic acids is 1. The van der Waals surface area contributed by atoms with Gasteiger partial charge in [-0.3, -0.25) is 4.79 Å². The number of benzene rings is 2. The predicted octanol–water partition coefficient (Wildman–Crippen LogP) is 5.48. The van der Waals surface area contributed by atoms with Crippen LogP contribution in [0, 0.1) is 6.92 Å². The summed E-state index contributed by atoms with van der Waals surface area (Å²) in [5.74, 6) is 1.46. The predicted molar refractivity (Wildman–Crippen MR) is 113 cm³/mol. The van der Waals surface area contributed by atoms with Crippen LogP contribution in [0.25, 0.3) is 11.3 Å². The van der Waals surface area contributed by atoms with Crippen LogP contribution >= 0.6 is 0 Å². The van der Waals surface area contributed by atoms with Crippen LogP contribution in [-0.2, 0) is 0 Å². The Kier molecular flexibility index (Phi) is 6.89. The molecule has 0 spiro atoms. The molecule has 1 N–H and O–H groups in total. The lowest BCUT2D eigenvalue weighted by molar-refractivity contribution is 0.102. The van der Waals surface area contributed by atoms with Gasteiger partial charge in [0.15, 0.2) is 11.5 Å². The van der Waals surface area contributed by atoms with Gasteiger partial charge in [-0.2, -0.15) is 0 Å². The minimum atomic E-state index is -0.286. The Morgan fingerprint density at radius 1 is 1.00 bits per heavy atom. The number of ether oxygens (including phenoxy) is 2. The molecule has 6 nitrogen and oxygen atoms in total. The fourth-order valence-corrected chi connectivity index (χ4v) is 2.87. The van der Waals surface area contributed by atoms with Gasteiger partial charge >= 0.3 is 0 Å². The van der Waals surface area contributed by atoms with Gasteiger partial charge in [-0.25, -0.2) is 0 Å². The SMILES string of the molecule is CCCOc1ccc(NC(=O)c2c(-c3ccccc3)noc2C)cc1OCCC. The number of nitrogens with zero attached hydrogens (tertiary/aromatic N) is 1. The molecule has 0 saturated heterocycles. The highest BCUT2D eigenvalue weighted by molar-refractivity contribution is 6.08. The maximum Gasteiger partial charge on any atom is 0.261 e. The Morgan fingerprint density at radius 3 is 2.38 bits per heavy atom. The van der Waals surface area contributed by atoms with Gasteiger partial charge in [0.2, 0.25) is 0 Å². The van der Waals surface area contributed by atoms with Crippen molar-refractivity contribution in [2.45, 2.75) is 33.6 Å². The van der Waals surface area contributed by atoms with Crippen molar-refractivity contribution in [2.75, 3.05) is 18.5 Å². The normalized spacial score (nSPS) is 10.6. The molecule has 2 aromatic carbocycles. The smallest absolute Gasteiger partial charge is 0.261 e. The number of anilines is 1. The fourth-order valence-electron chi connectivity index (χ4n) is 2.87. The minimum absolute atomic E-state index is 0.286. The quantitative estimate of drug-likeness (QED) is 0.520. The molecule has 0 bridgehead atoms. The van der Waals surface area contributed by atoms with Crippen LogP contribution < -0.4 is 14.8 Å². The molecule has 6 heteroatoms. The highest BCUT2D eigenvalue weighted by Crippen LogP contribution is 2.32. The van der Waals surface area contributed by atoms with E-state index in [1.54, 1.807) is 19.1 Å². The van der Waals surface area contributed by atoms with E-state index < -0.39 is 0 Å². The summed E-state index contributed by atoms with van der Waals surface area (Å²) in [6, 6.07) is 14.9. The average Bonchev–Trinajstić information content (AvgIpc) is 3.13. The summed E-state index contributed by atoms with van der Waals surface area (Å²) in [4.78, 5) is 13.0. The second-order valence-corrected chi connectivity index (χ2v) is 6.64. The van der Waals surface area contributed by atoms with Crippen molar-refractivity contribution >= 4 is 11.6 Å². The molecule has 0 unspecified atom stereocenters. The van der Waals surface area contributed by atoms with Crippen LogP contribution in [0.15, 0.2) is 53.1 Å². The Labute approximate surface area is 170 Å². The first kappa shape index (κ1) is 20.5. The Morgan fingerprint density at radius 2 is 1.69 bits per heavy atom. The van der Waals surface area contributed by atoms with Crippen LogP contribution in [0.1, 0.15) is 42.8 Å². The molecular weight excluding hydrogens is 368 g/mol. The van der Waals surface area contributed by atoms with Crippen molar-refractivity contribution in [2.24, 2.45) is 0 Å². The lowest BCUT2D eigenvalue weighted by Crippen LogP contribution is -2.14. The summed E-state index contributed by atoms with van der Waals surface area (Å²) in [7, 11) is 0. The molecule has 3 aromatic rings. The van der Waals surface area contributed by atoms with E-state index >= 15 is 0 Å². The highest BCUT2D eigenvalue weighted by atomic mass is 16.5. The third-order valence-electron chi connectivity index (χ3n) is 4.26. The number of amides is 1. The van der Waals surface area contributed by atoms with E-state index in [1.807, 2.05) is 50.2 Å². The minimum Gasteiger partial charge on any atom is -0.490 e. The zero-order chi connectivity index (χ0) is 20.6. The van der Waals surface area contributed by atoms with Crippen molar-refractivity contribution in [1.29, 1.82) is 0 Å². The molecule has 1 heterocycles. The monoisotopic (exact) mass is 394 g/mol. The topological polar surface area (TPSA) is 73.6 Å². The lowest BCUT2D eigenvalue weighted by Gasteiger charge is -2.14. The van der Waals surface area contributed by atoms with Crippen LogP contribution in [-0.4, -0.2) is 24.3 Å². The van der Waals surface area contributed by atoms with E-state index in [4.69, 9.17) is 14.0 Å². The Bertz CT molecular complexity index is 951. The first-order valence-electron chi connectivity index (χ1n) is 9.86. The van der Waals surface area contributed by atoms with Gasteiger partial charge in [0.1, 0.15) is 17.0 Å². The van der Waals surface area contributed by atoms with Gasteiger partial charge in [-0.05, 0) is 31.9 Å². The van der Waals surface area contributed by atoms with Crippen LogP contribution in [0.2, 0.25) is 0 Å². The molecule has 0 aliphatic heterocycles. The van der Waals surface area contributed by atoms with Gasteiger partial charge in [0.05, 0.1) is 13.2 Å². The fraction of sp³-hybridized carbons (Fsp3) is 0.304. The molecule has 1 amide bonds. The van der Waals surface area contributed by atoms with Crippen LogP contribution in [0.5, 0.6) is 11.5 Å². The maximum absolute atomic E-state index is 13.0. The Balaban J connectivity index is 1.85. The molecule has 0 saturated carbocycles. The summed E-state index contributed by atoms with van der Waals surface area (Å²) in [5, 5.41) is 7.00. The number of rotatable bonds is 9. The van der Waals surface area contributed by atoms with Crippen molar-refractivity contribution in [3.8, 4) is 22.8 Å². The molecule has 0 radical (unpaired) electrons. The van der Waals surface area contributed by atoms with E-state index in [0.29, 0.717) is 47.4 Å². The summed E-state index contributed by atoms with van der Waals surface area (Å²) in [6.45, 7) is 6.99. The molecule has 1 aromatic heterocycles. The Hall–Kier alpha value is -3.28. The van der Waals surface area contributed by atoms with Crippen LogP contribution in [0.3, 0.4) is 0 Å². The number of aromatic nitrogens is 1. The molecule has 152 valence electrons. The van der Waals surface area contributed by atoms with E-state index in [9.17, 15) is 4.79 Å². The highest BCUT2D eigenvalue weighted by Gasteiger charge is 2.22. The average molecular weight is 394 g/mol. The van der Waals surface area contributed by atoms with Gasteiger partial charge in [0, 0.05) is 17.3 Å². The molecule has 0 aliphatic carbocycles. The zero-order valence-electron chi connectivity index (χ0n) is 17.0. The van der Waals surface area contributed by atoms with Crippen molar-refractivity contribution < 1.29 is 18.8 Å².